The van der Waals surface area contributed by atoms with Gasteiger partial charge in [-0.25, -0.2) is 9.97 Å². The zero-order valence-corrected chi connectivity index (χ0v) is 16.4. The molecule has 1 amide bonds. The Hall–Kier alpha value is -3.39. The molecule has 28 heavy (non-hydrogen) atoms. The number of carbonyl (C=O) groups is 1. The highest BCUT2D eigenvalue weighted by Gasteiger charge is 2.16. The fourth-order valence-corrected chi connectivity index (χ4v) is 3.78. The molecule has 4 aromatic rings. The van der Waals surface area contributed by atoms with E-state index < -0.39 is 0 Å². The summed E-state index contributed by atoms with van der Waals surface area (Å²) in [6.45, 7) is 0. The average Bonchev–Trinajstić information content (AvgIpc) is 3.33. The summed E-state index contributed by atoms with van der Waals surface area (Å²) >= 11 is 1.42. The summed E-state index contributed by atoms with van der Waals surface area (Å²) < 4.78 is 12.4. The second-order valence-corrected chi connectivity index (χ2v) is 6.98. The van der Waals surface area contributed by atoms with Gasteiger partial charge in [-0.05, 0) is 12.1 Å². The first kappa shape index (κ1) is 18.0. The quantitative estimate of drug-likeness (QED) is 0.554. The number of aromatic nitrogens is 3. The van der Waals surface area contributed by atoms with E-state index >= 15 is 0 Å². The van der Waals surface area contributed by atoms with Crippen LogP contribution in [0.4, 0.5) is 5.69 Å². The Morgan fingerprint density at radius 2 is 1.93 bits per heavy atom. The highest BCUT2D eigenvalue weighted by molar-refractivity contribution is 7.13. The van der Waals surface area contributed by atoms with Crippen LogP contribution in [0.1, 0.15) is 10.5 Å². The molecule has 142 valence electrons. The summed E-state index contributed by atoms with van der Waals surface area (Å²) in [4.78, 5) is 21.6. The van der Waals surface area contributed by atoms with Crippen LogP contribution >= 0.6 is 11.3 Å². The molecule has 0 saturated heterocycles. The van der Waals surface area contributed by atoms with Gasteiger partial charge in [0.25, 0.3) is 5.91 Å². The van der Waals surface area contributed by atoms with Gasteiger partial charge in [-0.15, -0.1) is 11.3 Å². The average molecular weight is 394 g/mol. The van der Waals surface area contributed by atoms with Crippen LogP contribution in [0.2, 0.25) is 0 Å². The van der Waals surface area contributed by atoms with Gasteiger partial charge in [-0.3, -0.25) is 4.79 Å². The number of benzene rings is 1. The maximum Gasteiger partial charge on any atom is 0.275 e. The number of thiazole rings is 1. The minimum atomic E-state index is -0.295. The third kappa shape index (κ3) is 3.29. The Bertz CT molecular complexity index is 1140. The van der Waals surface area contributed by atoms with Crippen LogP contribution in [0.25, 0.3) is 21.6 Å². The summed E-state index contributed by atoms with van der Waals surface area (Å²) in [5.74, 6) is 0.893. The van der Waals surface area contributed by atoms with Gasteiger partial charge in [0.2, 0.25) is 0 Å². The molecule has 8 heteroatoms. The van der Waals surface area contributed by atoms with E-state index in [0.717, 1.165) is 21.6 Å². The van der Waals surface area contributed by atoms with Gasteiger partial charge < -0.3 is 19.4 Å². The lowest BCUT2D eigenvalue weighted by atomic mass is 10.2. The number of pyridine rings is 1. The number of fused-ring (bicyclic) bond motifs is 1. The number of amides is 1. The van der Waals surface area contributed by atoms with Crippen molar-refractivity contribution in [1.82, 2.24) is 14.5 Å². The molecular weight excluding hydrogens is 376 g/mol. The highest BCUT2D eigenvalue weighted by Crippen LogP contribution is 2.32. The van der Waals surface area contributed by atoms with Gasteiger partial charge in [-0.1, -0.05) is 0 Å². The minimum Gasteiger partial charge on any atom is -0.497 e. The largest absolute Gasteiger partial charge is 0.497 e. The molecule has 3 heterocycles. The Morgan fingerprint density at radius 3 is 2.64 bits per heavy atom. The second kappa shape index (κ2) is 7.32. The van der Waals surface area contributed by atoms with E-state index in [1.54, 1.807) is 44.0 Å². The summed E-state index contributed by atoms with van der Waals surface area (Å²) in [5, 5.41) is 6.36. The number of hydrogen-bond donors (Lipinski definition) is 1. The van der Waals surface area contributed by atoms with Crippen molar-refractivity contribution in [2.24, 2.45) is 7.05 Å². The SMILES string of the molecule is COc1cc(NC(=O)c2csc(-c3cn(C)c4ncccc34)n2)cc(OC)c1. The molecule has 0 atom stereocenters. The normalized spacial score (nSPS) is 10.8. The third-order valence-corrected chi connectivity index (χ3v) is 5.19. The van der Waals surface area contributed by atoms with E-state index in [9.17, 15) is 4.79 Å². The van der Waals surface area contributed by atoms with Crippen molar-refractivity contribution >= 4 is 34.0 Å². The Kier molecular flexibility index (Phi) is 4.70. The zero-order valence-electron chi connectivity index (χ0n) is 15.6. The van der Waals surface area contributed by atoms with Gasteiger partial charge >= 0.3 is 0 Å². The first-order valence-corrected chi connectivity index (χ1v) is 9.37. The van der Waals surface area contributed by atoms with Crippen LogP contribution in [0.5, 0.6) is 11.5 Å². The summed E-state index contributed by atoms with van der Waals surface area (Å²) in [5.41, 5.74) is 2.76. The molecule has 4 rings (SSSR count). The molecule has 0 aliphatic carbocycles. The van der Waals surface area contributed by atoms with Crippen molar-refractivity contribution in [3.63, 3.8) is 0 Å². The van der Waals surface area contributed by atoms with E-state index in [0.29, 0.717) is 22.9 Å². The van der Waals surface area contributed by atoms with Crippen molar-refractivity contribution in [2.75, 3.05) is 19.5 Å². The molecule has 3 aromatic heterocycles. The van der Waals surface area contributed by atoms with Crippen LogP contribution in [0, 0.1) is 0 Å². The summed E-state index contributed by atoms with van der Waals surface area (Å²) in [6, 6.07) is 9.09. The van der Waals surface area contributed by atoms with Crippen molar-refractivity contribution in [3.8, 4) is 22.1 Å². The monoisotopic (exact) mass is 394 g/mol. The van der Waals surface area contributed by atoms with E-state index in [1.165, 1.54) is 11.3 Å². The first-order chi connectivity index (χ1) is 13.6. The lowest BCUT2D eigenvalue weighted by molar-refractivity contribution is 0.102. The number of nitrogens with zero attached hydrogens (tertiary/aromatic N) is 3. The number of anilines is 1. The lowest BCUT2D eigenvalue weighted by Crippen LogP contribution is -2.12. The summed E-state index contributed by atoms with van der Waals surface area (Å²) in [7, 11) is 5.06. The van der Waals surface area contributed by atoms with Crippen molar-refractivity contribution in [2.45, 2.75) is 0 Å². The highest BCUT2D eigenvalue weighted by atomic mass is 32.1. The molecule has 7 nitrogen and oxygen atoms in total. The first-order valence-electron chi connectivity index (χ1n) is 8.49. The predicted octanol–water partition coefficient (Wildman–Crippen LogP) is 3.97. The zero-order chi connectivity index (χ0) is 19.7. The van der Waals surface area contributed by atoms with Gasteiger partial charge in [-0.2, -0.15) is 0 Å². The third-order valence-electron chi connectivity index (χ3n) is 4.31. The van der Waals surface area contributed by atoms with E-state index in [1.807, 2.05) is 29.9 Å². The molecule has 0 fully saturated rings. The molecule has 0 radical (unpaired) electrons. The number of carbonyl (C=O) groups excluding carboxylic acids is 1. The van der Waals surface area contributed by atoms with Crippen LogP contribution in [-0.2, 0) is 7.05 Å². The number of ether oxygens (including phenoxy) is 2. The van der Waals surface area contributed by atoms with Crippen LogP contribution in [-0.4, -0.2) is 34.7 Å². The van der Waals surface area contributed by atoms with E-state index in [2.05, 4.69) is 15.3 Å². The van der Waals surface area contributed by atoms with E-state index in [4.69, 9.17) is 9.47 Å². The summed E-state index contributed by atoms with van der Waals surface area (Å²) in [6.07, 6.45) is 3.74. The Morgan fingerprint density at radius 1 is 1.18 bits per heavy atom. The number of nitrogens with one attached hydrogen (secondary N) is 1. The molecule has 1 aromatic carbocycles. The molecular formula is C20H18N4O3S. The van der Waals surface area contributed by atoms with Crippen molar-refractivity contribution in [1.29, 1.82) is 0 Å². The van der Waals surface area contributed by atoms with Gasteiger partial charge in [0, 0.05) is 59.7 Å². The number of hydrogen-bond acceptors (Lipinski definition) is 6. The molecule has 0 unspecified atom stereocenters. The fourth-order valence-electron chi connectivity index (χ4n) is 2.96. The maximum atomic E-state index is 12.7. The minimum absolute atomic E-state index is 0.295. The topological polar surface area (TPSA) is 78.3 Å². The molecule has 0 saturated carbocycles. The molecule has 0 aliphatic heterocycles. The Balaban J connectivity index is 1.61. The standard InChI is InChI=1S/C20H18N4O3S/c1-24-10-16(15-5-4-6-21-18(15)24)20-23-17(11-28-20)19(25)22-12-7-13(26-2)9-14(8-12)27-3/h4-11H,1-3H3,(H,22,25). The number of rotatable bonds is 5. The van der Waals surface area contributed by atoms with Crippen LogP contribution in [0.15, 0.2) is 48.1 Å². The maximum absolute atomic E-state index is 12.7. The molecule has 1 N–H and O–H groups in total. The number of aryl methyl sites for hydroxylation is 1. The predicted molar refractivity (Wildman–Crippen MR) is 109 cm³/mol. The molecule has 0 bridgehead atoms. The van der Waals surface area contributed by atoms with Gasteiger partial charge in [0.15, 0.2) is 0 Å². The smallest absolute Gasteiger partial charge is 0.275 e. The molecule has 0 aliphatic rings. The number of methoxy groups -OCH3 is 2. The molecule has 0 spiro atoms. The second-order valence-electron chi connectivity index (χ2n) is 6.12. The lowest BCUT2D eigenvalue weighted by Gasteiger charge is -2.09. The van der Waals surface area contributed by atoms with Gasteiger partial charge in [0.1, 0.15) is 27.8 Å². The fraction of sp³-hybridized carbons (Fsp3) is 0.150. The Labute approximate surface area is 165 Å². The van der Waals surface area contributed by atoms with Crippen molar-refractivity contribution in [3.05, 3.63) is 53.8 Å². The van der Waals surface area contributed by atoms with Gasteiger partial charge in [0.05, 0.1) is 14.2 Å². The van der Waals surface area contributed by atoms with E-state index in [-0.39, 0.29) is 5.91 Å². The van der Waals surface area contributed by atoms with Crippen LogP contribution < -0.4 is 14.8 Å². The van der Waals surface area contributed by atoms with Crippen LogP contribution in [0.3, 0.4) is 0 Å². The van der Waals surface area contributed by atoms with Crippen molar-refractivity contribution < 1.29 is 14.3 Å².